The molecule has 1 unspecified atom stereocenters. The summed E-state index contributed by atoms with van der Waals surface area (Å²) in [5.74, 6) is 0.289. The van der Waals surface area contributed by atoms with E-state index in [9.17, 15) is 8.42 Å². The van der Waals surface area contributed by atoms with Crippen LogP contribution in [0.25, 0.3) is 0 Å². The minimum atomic E-state index is -2.83. The van der Waals surface area contributed by atoms with E-state index in [1.165, 1.54) is 24.7 Å². The van der Waals surface area contributed by atoms with Crippen molar-refractivity contribution in [1.82, 2.24) is 14.7 Å². The average Bonchev–Trinajstić information content (AvgIpc) is 2.88. The first-order chi connectivity index (χ1) is 8.94. The van der Waals surface area contributed by atoms with Gasteiger partial charge in [0.2, 0.25) is 0 Å². The first-order valence-corrected chi connectivity index (χ1v) is 8.91. The summed E-state index contributed by atoms with van der Waals surface area (Å²) in [6, 6.07) is 0.499. The molecule has 0 amide bonds. The Morgan fingerprint density at radius 2 is 2.26 bits per heavy atom. The highest BCUT2D eigenvalue weighted by molar-refractivity contribution is 7.90. The molecule has 1 aromatic heterocycles. The van der Waals surface area contributed by atoms with Crippen LogP contribution in [0.2, 0.25) is 0 Å². The second-order valence-electron chi connectivity index (χ2n) is 5.56. The second-order valence-corrected chi connectivity index (χ2v) is 7.81. The van der Waals surface area contributed by atoms with E-state index in [-0.39, 0.29) is 5.75 Å². The van der Waals surface area contributed by atoms with Crippen LogP contribution in [-0.2, 0) is 16.4 Å². The summed E-state index contributed by atoms with van der Waals surface area (Å²) >= 11 is 0. The quantitative estimate of drug-likeness (QED) is 0.785. The van der Waals surface area contributed by atoms with Crippen molar-refractivity contribution in [2.24, 2.45) is 0 Å². The van der Waals surface area contributed by atoms with Gasteiger partial charge in [-0.3, -0.25) is 9.58 Å². The first-order valence-electron chi connectivity index (χ1n) is 6.85. The van der Waals surface area contributed by atoms with Crippen LogP contribution in [0.5, 0.6) is 0 Å². The van der Waals surface area contributed by atoms with Crippen molar-refractivity contribution in [3.8, 4) is 0 Å². The highest BCUT2D eigenvalue weighted by Crippen LogP contribution is 2.19. The standard InChI is InChI=1S/C13H23N3O2S/c1-12-9-14-16(10-12)11-13-5-3-6-15(13)7-4-8-19(2,17)18/h9-10,13H,3-8,11H2,1-2H3. The molecule has 0 aromatic carbocycles. The molecule has 0 bridgehead atoms. The van der Waals surface area contributed by atoms with Crippen molar-refractivity contribution in [3.05, 3.63) is 18.0 Å². The Morgan fingerprint density at radius 3 is 2.89 bits per heavy atom. The second kappa shape index (κ2) is 6.05. The SMILES string of the molecule is Cc1cnn(CC2CCCN2CCCS(C)(=O)=O)c1. The van der Waals surface area contributed by atoms with Gasteiger partial charge in [-0.2, -0.15) is 5.10 Å². The normalized spacial score (nSPS) is 21.1. The summed E-state index contributed by atoms with van der Waals surface area (Å²) in [7, 11) is -2.83. The van der Waals surface area contributed by atoms with Crippen LogP contribution in [0.4, 0.5) is 0 Å². The molecule has 0 saturated carbocycles. The predicted octanol–water partition coefficient (Wildman–Crippen LogP) is 1.09. The molecular weight excluding hydrogens is 262 g/mol. The summed E-state index contributed by atoms with van der Waals surface area (Å²) in [5, 5.41) is 4.33. The molecule has 0 radical (unpaired) electrons. The van der Waals surface area contributed by atoms with Gasteiger partial charge in [-0.05, 0) is 44.8 Å². The lowest BCUT2D eigenvalue weighted by Crippen LogP contribution is -2.34. The Kier molecular flexibility index (Phi) is 4.62. The minimum absolute atomic E-state index is 0.289. The Labute approximate surface area is 115 Å². The van der Waals surface area contributed by atoms with Gasteiger partial charge in [0.05, 0.1) is 18.5 Å². The van der Waals surface area contributed by atoms with Crippen LogP contribution in [0.15, 0.2) is 12.4 Å². The maximum atomic E-state index is 11.1. The number of sulfone groups is 1. The lowest BCUT2D eigenvalue weighted by Gasteiger charge is -2.24. The molecule has 1 atom stereocenters. The fourth-order valence-corrected chi connectivity index (χ4v) is 3.36. The molecule has 0 spiro atoms. The molecule has 108 valence electrons. The van der Waals surface area contributed by atoms with E-state index < -0.39 is 9.84 Å². The molecule has 1 aromatic rings. The number of likely N-dealkylation sites (tertiary alicyclic amines) is 1. The van der Waals surface area contributed by atoms with Crippen molar-refractivity contribution in [2.75, 3.05) is 25.1 Å². The number of aromatic nitrogens is 2. The largest absolute Gasteiger partial charge is 0.299 e. The molecule has 5 nitrogen and oxygen atoms in total. The van der Waals surface area contributed by atoms with Crippen LogP contribution in [0.3, 0.4) is 0 Å². The third kappa shape index (κ3) is 4.62. The molecule has 1 aliphatic heterocycles. The summed E-state index contributed by atoms with van der Waals surface area (Å²) in [6.45, 7) is 4.90. The summed E-state index contributed by atoms with van der Waals surface area (Å²) in [5.41, 5.74) is 1.18. The Morgan fingerprint density at radius 1 is 1.47 bits per heavy atom. The highest BCUT2D eigenvalue weighted by atomic mass is 32.2. The lowest BCUT2D eigenvalue weighted by atomic mass is 10.2. The van der Waals surface area contributed by atoms with Crippen molar-refractivity contribution in [3.63, 3.8) is 0 Å². The zero-order chi connectivity index (χ0) is 13.9. The van der Waals surface area contributed by atoms with Gasteiger partial charge in [-0.1, -0.05) is 0 Å². The van der Waals surface area contributed by atoms with Gasteiger partial charge >= 0.3 is 0 Å². The maximum Gasteiger partial charge on any atom is 0.147 e. The van der Waals surface area contributed by atoms with Crippen LogP contribution in [-0.4, -0.2) is 54.2 Å². The molecule has 6 heteroatoms. The molecule has 1 aliphatic rings. The van der Waals surface area contributed by atoms with Gasteiger partial charge in [0, 0.05) is 18.5 Å². The van der Waals surface area contributed by atoms with Crippen molar-refractivity contribution in [2.45, 2.75) is 38.8 Å². The molecular formula is C13H23N3O2S. The number of rotatable bonds is 6. The van der Waals surface area contributed by atoms with Crippen LogP contribution < -0.4 is 0 Å². The Bertz CT molecular complexity index is 510. The van der Waals surface area contributed by atoms with Gasteiger partial charge in [-0.25, -0.2) is 8.42 Å². The van der Waals surface area contributed by atoms with Crippen molar-refractivity contribution >= 4 is 9.84 Å². The number of nitrogens with zero attached hydrogens (tertiary/aromatic N) is 3. The Balaban J connectivity index is 1.83. The topological polar surface area (TPSA) is 55.2 Å². The lowest BCUT2D eigenvalue weighted by molar-refractivity contribution is 0.228. The molecule has 0 N–H and O–H groups in total. The van der Waals surface area contributed by atoms with Gasteiger partial charge < -0.3 is 0 Å². The minimum Gasteiger partial charge on any atom is -0.299 e. The first kappa shape index (κ1) is 14.5. The van der Waals surface area contributed by atoms with E-state index in [1.54, 1.807) is 0 Å². The molecule has 0 aliphatic carbocycles. The van der Waals surface area contributed by atoms with Crippen molar-refractivity contribution < 1.29 is 8.42 Å². The third-order valence-corrected chi connectivity index (χ3v) is 4.65. The van der Waals surface area contributed by atoms with E-state index >= 15 is 0 Å². The van der Waals surface area contributed by atoms with Crippen LogP contribution in [0.1, 0.15) is 24.8 Å². The number of hydrogen-bond donors (Lipinski definition) is 0. The Hall–Kier alpha value is -0.880. The van der Waals surface area contributed by atoms with Gasteiger partial charge in [-0.15, -0.1) is 0 Å². The zero-order valence-corrected chi connectivity index (χ0v) is 12.6. The average molecular weight is 285 g/mol. The summed E-state index contributed by atoms with van der Waals surface area (Å²) in [6.07, 6.45) is 8.35. The molecule has 2 heterocycles. The van der Waals surface area contributed by atoms with E-state index in [4.69, 9.17) is 0 Å². The van der Waals surface area contributed by atoms with Crippen LogP contribution >= 0.6 is 0 Å². The molecule has 1 saturated heterocycles. The predicted molar refractivity (Wildman–Crippen MR) is 75.9 cm³/mol. The van der Waals surface area contributed by atoms with E-state index in [0.717, 1.165) is 26.1 Å². The van der Waals surface area contributed by atoms with E-state index in [0.29, 0.717) is 6.04 Å². The van der Waals surface area contributed by atoms with Crippen molar-refractivity contribution in [1.29, 1.82) is 0 Å². The van der Waals surface area contributed by atoms with Crippen LogP contribution in [0, 0.1) is 6.92 Å². The maximum absolute atomic E-state index is 11.1. The van der Waals surface area contributed by atoms with Gasteiger partial charge in [0.25, 0.3) is 0 Å². The molecule has 19 heavy (non-hydrogen) atoms. The fourth-order valence-electron chi connectivity index (χ4n) is 2.71. The van der Waals surface area contributed by atoms with E-state index in [2.05, 4.69) is 16.2 Å². The zero-order valence-electron chi connectivity index (χ0n) is 11.7. The third-order valence-electron chi connectivity index (χ3n) is 3.62. The summed E-state index contributed by atoms with van der Waals surface area (Å²) in [4.78, 5) is 2.40. The summed E-state index contributed by atoms with van der Waals surface area (Å²) < 4.78 is 24.3. The fraction of sp³-hybridized carbons (Fsp3) is 0.769. The van der Waals surface area contributed by atoms with Gasteiger partial charge in [0.1, 0.15) is 9.84 Å². The van der Waals surface area contributed by atoms with E-state index in [1.807, 2.05) is 17.8 Å². The van der Waals surface area contributed by atoms with Gasteiger partial charge in [0.15, 0.2) is 0 Å². The monoisotopic (exact) mass is 285 g/mol. The number of aryl methyl sites for hydroxylation is 1. The molecule has 1 fully saturated rings. The highest BCUT2D eigenvalue weighted by Gasteiger charge is 2.24. The number of hydrogen-bond acceptors (Lipinski definition) is 4. The molecule has 2 rings (SSSR count). The smallest absolute Gasteiger partial charge is 0.147 e.